The summed E-state index contributed by atoms with van der Waals surface area (Å²) in [6, 6.07) is 5.51. The molecule has 0 saturated carbocycles. The zero-order valence-corrected chi connectivity index (χ0v) is 16.2. The van der Waals surface area contributed by atoms with Gasteiger partial charge in [-0.3, -0.25) is 4.79 Å². The number of aromatic amines is 1. The van der Waals surface area contributed by atoms with Crippen molar-refractivity contribution in [1.82, 2.24) is 9.29 Å². The number of hydrogen-bond acceptors (Lipinski definition) is 4. The maximum absolute atomic E-state index is 13.8. The van der Waals surface area contributed by atoms with Crippen molar-refractivity contribution < 1.29 is 17.6 Å². The first kappa shape index (κ1) is 18.4. The summed E-state index contributed by atoms with van der Waals surface area (Å²) in [5.41, 5.74) is 0.0625. The number of halogens is 2. The SMILES string of the molecule is O=C(Nc1ccc(Br)cc1F)c1cc(S(=O)(=O)N2CCSCC2)c[nH]1. The van der Waals surface area contributed by atoms with E-state index in [2.05, 4.69) is 26.2 Å². The molecule has 1 aliphatic heterocycles. The van der Waals surface area contributed by atoms with Crippen LogP contribution >= 0.6 is 27.7 Å². The second-order valence-electron chi connectivity index (χ2n) is 5.34. The molecule has 2 N–H and O–H groups in total. The topological polar surface area (TPSA) is 82.3 Å². The Labute approximate surface area is 157 Å². The number of anilines is 1. The molecule has 0 radical (unpaired) electrons. The summed E-state index contributed by atoms with van der Waals surface area (Å²) in [5, 5.41) is 2.42. The number of hydrogen-bond donors (Lipinski definition) is 2. The fraction of sp³-hybridized carbons (Fsp3) is 0.267. The van der Waals surface area contributed by atoms with Gasteiger partial charge in [-0.15, -0.1) is 0 Å². The minimum absolute atomic E-state index is 0.0141. The predicted octanol–water partition coefficient (Wildman–Crippen LogP) is 2.91. The number of amides is 1. The Hall–Kier alpha value is -1.36. The maximum Gasteiger partial charge on any atom is 0.272 e. The number of carbonyl (C=O) groups is 1. The number of sulfonamides is 1. The van der Waals surface area contributed by atoms with Crippen LogP contribution in [-0.2, 0) is 10.0 Å². The fourth-order valence-corrected chi connectivity index (χ4v) is 5.27. The monoisotopic (exact) mass is 447 g/mol. The standard InChI is InChI=1S/C15H15BrFN3O3S2/c16-10-1-2-13(12(17)7-10)19-15(21)14-8-11(9-18-14)25(22,23)20-3-5-24-6-4-20/h1-2,7-9,18H,3-6H2,(H,19,21). The van der Waals surface area contributed by atoms with Crippen molar-refractivity contribution in [2.45, 2.75) is 4.90 Å². The van der Waals surface area contributed by atoms with Gasteiger partial charge in [0.25, 0.3) is 5.91 Å². The van der Waals surface area contributed by atoms with E-state index in [9.17, 15) is 17.6 Å². The molecule has 0 unspecified atom stereocenters. The molecule has 1 aromatic heterocycles. The van der Waals surface area contributed by atoms with Gasteiger partial charge < -0.3 is 10.3 Å². The summed E-state index contributed by atoms with van der Waals surface area (Å²) in [7, 11) is -3.63. The van der Waals surface area contributed by atoms with Crippen LogP contribution in [-0.4, -0.2) is 48.2 Å². The first-order valence-corrected chi connectivity index (χ1v) is 10.8. The third-order valence-corrected chi connectivity index (χ3v) is 7.00. The molecule has 0 aliphatic carbocycles. The predicted molar refractivity (Wildman–Crippen MR) is 98.9 cm³/mol. The van der Waals surface area contributed by atoms with Gasteiger partial charge in [0.1, 0.15) is 16.4 Å². The highest BCUT2D eigenvalue weighted by atomic mass is 79.9. The highest BCUT2D eigenvalue weighted by Gasteiger charge is 2.27. The Bertz CT molecular complexity index is 895. The summed E-state index contributed by atoms with van der Waals surface area (Å²) in [6.07, 6.45) is 1.28. The molecule has 1 saturated heterocycles. The fourth-order valence-electron chi connectivity index (χ4n) is 2.37. The third-order valence-electron chi connectivity index (χ3n) is 3.69. The van der Waals surface area contributed by atoms with Crippen LogP contribution in [0.1, 0.15) is 10.5 Å². The van der Waals surface area contributed by atoms with Crippen LogP contribution < -0.4 is 5.32 Å². The van der Waals surface area contributed by atoms with Gasteiger partial charge >= 0.3 is 0 Å². The van der Waals surface area contributed by atoms with E-state index in [1.807, 2.05) is 0 Å². The number of benzene rings is 1. The quantitative estimate of drug-likeness (QED) is 0.754. The molecule has 2 heterocycles. The molecule has 0 atom stereocenters. The van der Waals surface area contributed by atoms with Crippen LogP contribution in [0.2, 0.25) is 0 Å². The molecular weight excluding hydrogens is 433 g/mol. The van der Waals surface area contributed by atoms with E-state index < -0.39 is 21.7 Å². The van der Waals surface area contributed by atoms with Gasteiger partial charge in [0.05, 0.1) is 5.69 Å². The molecule has 25 heavy (non-hydrogen) atoms. The molecule has 10 heteroatoms. The Morgan fingerprint density at radius 3 is 2.68 bits per heavy atom. The van der Waals surface area contributed by atoms with Gasteiger partial charge in [-0.25, -0.2) is 12.8 Å². The van der Waals surface area contributed by atoms with Crippen LogP contribution in [0.4, 0.5) is 10.1 Å². The minimum atomic E-state index is -3.63. The van der Waals surface area contributed by atoms with Crippen molar-refractivity contribution in [3.05, 3.63) is 46.4 Å². The molecule has 1 amide bonds. The number of aromatic nitrogens is 1. The van der Waals surface area contributed by atoms with Crippen LogP contribution in [0, 0.1) is 5.82 Å². The molecule has 134 valence electrons. The summed E-state index contributed by atoms with van der Waals surface area (Å²) in [4.78, 5) is 14.9. The first-order valence-electron chi connectivity index (χ1n) is 7.40. The Balaban J connectivity index is 1.77. The lowest BCUT2D eigenvalue weighted by atomic mass is 10.3. The van der Waals surface area contributed by atoms with E-state index in [1.165, 1.54) is 28.7 Å². The summed E-state index contributed by atoms with van der Waals surface area (Å²) >= 11 is 4.85. The normalized spacial score (nSPS) is 15.9. The van der Waals surface area contributed by atoms with Gasteiger partial charge in [0, 0.05) is 35.3 Å². The smallest absolute Gasteiger partial charge is 0.272 e. The van der Waals surface area contributed by atoms with E-state index in [0.717, 1.165) is 11.5 Å². The summed E-state index contributed by atoms with van der Waals surface area (Å²) < 4.78 is 40.9. The lowest BCUT2D eigenvalue weighted by Crippen LogP contribution is -2.37. The maximum atomic E-state index is 13.8. The second kappa shape index (κ2) is 7.48. The van der Waals surface area contributed by atoms with Crippen molar-refractivity contribution in [1.29, 1.82) is 0 Å². The van der Waals surface area contributed by atoms with Gasteiger partial charge in [0.2, 0.25) is 10.0 Å². The number of H-pyrrole nitrogens is 1. The zero-order chi connectivity index (χ0) is 18.0. The zero-order valence-electron chi connectivity index (χ0n) is 13.0. The highest BCUT2D eigenvalue weighted by Crippen LogP contribution is 2.22. The lowest BCUT2D eigenvalue weighted by Gasteiger charge is -2.24. The number of thioether (sulfide) groups is 1. The Kier molecular flexibility index (Phi) is 5.52. The van der Waals surface area contributed by atoms with Crippen LogP contribution in [0.5, 0.6) is 0 Å². The largest absolute Gasteiger partial charge is 0.356 e. The van der Waals surface area contributed by atoms with Crippen molar-refractivity contribution >= 4 is 49.3 Å². The second-order valence-corrected chi connectivity index (χ2v) is 9.42. The molecule has 0 bridgehead atoms. The number of rotatable bonds is 4. The Morgan fingerprint density at radius 2 is 2.00 bits per heavy atom. The van der Waals surface area contributed by atoms with Gasteiger partial charge in [-0.1, -0.05) is 15.9 Å². The van der Waals surface area contributed by atoms with E-state index in [-0.39, 0.29) is 16.3 Å². The number of carbonyl (C=O) groups excluding carboxylic acids is 1. The molecule has 0 spiro atoms. The average molecular weight is 448 g/mol. The van der Waals surface area contributed by atoms with Crippen molar-refractivity contribution in [2.75, 3.05) is 29.9 Å². The van der Waals surface area contributed by atoms with Crippen LogP contribution in [0.3, 0.4) is 0 Å². The molecule has 3 rings (SSSR count). The lowest BCUT2D eigenvalue weighted by molar-refractivity contribution is 0.102. The minimum Gasteiger partial charge on any atom is -0.356 e. The first-order chi connectivity index (χ1) is 11.9. The van der Waals surface area contributed by atoms with Gasteiger partial charge in [-0.2, -0.15) is 16.1 Å². The highest BCUT2D eigenvalue weighted by molar-refractivity contribution is 9.10. The molecule has 1 aromatic carbocycles. The van der Waals surface area contributed by atoms with Crippen LogP contribution in [0.15, 0.2) is 39.8 Å². The molecule has 6 nitrogen and oxygen atoms in total. The average Bonchev–Trinajstić information content (AvgIpc) is 3.09. The molecular formula is C15H15BrFN3O3S2. The van der Waals surface area contributed by atoms with E-state index in [4.69, 9.17) is 0 Å². The van der Waals surface area contributed by atoms with Gasteiger partial charge in [-0.05, 0) is 24.3 Å². The number of nitrogens with one attached hydrogen (secondary N) is 2. The number of nitrogens with zero attached hydrogens (tertiary/aromatic N) is 1. The summed E-state index contributed by atoms with van der Waals surface area (Å²) in [5.74, 6) is 0.296. The van der Waals surface area contributed by atoms with Crippen molar-refractivity contribution in [2.24, 2.45) is 0 Å². The van der Waals surface area contributed by atoms with E-state index in [0.29, 0.717) is 17.6 Å². The van der Waals surface area contributed by atoms with E-state index in [1.54, 1.807) is 17.8 Å². The van der Waals surface area contributed by atoms with Gasteiger partial charge in [0.15, 0.2) is 0 Å². The van der Waals surface area contributed by atoms with Crippen molar-refractivity contribution in [3.63, 3.8) is 0 Å². The van der Waals surface area contributed by atoms with E-state index >= 15 is 0 Å². The van der Waals surface area contributed by atoms with Crippen molar-refractivity contribution in [3.8, 4) is 0 Å². The van der Waals surface area contributed by atoms with Crippen LogP contribution in [0.25, 0.3) is 0 Å². The molecule has 1 fully saturated rings. The Morgan fingerprint density at radius 1 is 1.28 bits per heavy atom. The molecule has 2 aromatic rings. The summed E-state index contributed by atoms with van der Waals surface area (Å²) in [6.45, 7) is 0.896. The molecule has 1 aliphatic rings. The third kappa shape index (κ3) is 4.08.